The Bertz CT molecular complexity index is 665. The molecule has 2 nitrogen and oxygen atoms in total. The van der Waals surface area contributed by atoms with Gasteiger partial charge in [0, 0.05) is 11.6 Å². The van der Waals surface area contributed by atoms with E-state index in [1.165, 1.54) is 12.1 Å². The van der Waals surface area contributed by atoms with E-state index in [1.807, 2.05) is 24.3 Å². The zero-order valence-corrected chi connectivity index (χ0v) is 13.5. The molecule has 1 N–H and O–H groups in total. The number of carbonyl (C=O) groups excluding carboxylic acids is 1. The van der Waals surface area contributed by atoms with Crippen molar-refractivity contribution in [3.8, 4) is 0 Å². The normalized spacial score (nSPS) is 15.2. The van der Waals surface area contributed by atoms with Crippen molar-refractivity contribution in [2.45, 2.75) is 25.2 Å². The SMILES string of the molecule is O=C(NCCc1ccc(F)cc1)C(c1ccc(Cl)cc1)C1CC1. The van der Waals surface area contributed by atoms with E-state index >= 15 is 0 Å². The van der Waals surface area contributed by atoms with Gasteiger partial charge in [0.15, 0.2) is 0 Å². The van der Waals surface area contributed by atoms with Crippen LogP contribution in [0.3, 0.4) is 0 Å². The highest BCUT2D eigenvalue weighted by atomic mass is 35.5. The monoisotopic (exact) mass is 331 g/mol. The number of nitrogens with one attached hydrogen (secondary N) is 1. The number of hydrogen-bond acceptors (Lipinski definition) is 1. The number of hydrogen-bond donors (Lipinski definition) is 1. The molecular weight excluding hydrogens is 313 g/mol. The van der Waals surface area contributed by atoms with Crippen molar-refractivity contribution in [3.63, 3.8) is 0 Å². The number of rotatable bonds is 6. The molecule has 1 amide bonds. The second-order valence-corrected chi connectivity index (χ2v) is 6.47. The highest BCUT2D eigenvalue weighted by molar-refractivity contribution is 6.30. The van der Waals surface area contributed by atoms with E-state index in [-0.39, 0.29) is 17.6 Å². The quantitative estimate of drug-likeness (QED) is 0.838. The zero-order valence-electron chi connectivity index (χ0n) is 12.8. The van der Waals surface area contributed by atoms with Crippen LogP contribution in [0.1, 0.15) is 29.9 Å². The molecule has 1 unspecified atom stereocenters. The second kappa shape index (κ2) is 7.14. The summed E-state index contributed by atoms with van der Waals surface area (Å²) in [6, 6.07) is 13.9. The van der Waals surface area contributed by atoms with E-state index in [0.29, 0.717) is 23.9 Å². The third-order valence-corrected chi connectivity index (χ3v) is 4.48. The van der Waals surface area contributed by atoms with Crippen molar-refractivity contribution in [3.05, 3.63) is 70.5 Å². The average Bonchev–Trinajstić information content (AvgIpc) is 3.36. The van der Waals surface area contributed by atoms with E-state index in [2.05, 4.69) is 5.32 Å². The molecule has 4 heteroatoms. The van der Waals surface area contributed by atoms with E-state index in [9.17, 15) is 9.18 Å². The molecule has 2 aromatic rings. The largest absolute Gasteiger partial charge is 0.355 e. The van der Waals surface area contributed by atoms with Gasteiger partial charge in [-0.2, -0.15) is 0 Å². The standard InChI is InChI=1S/C19H19ClFNO/c20-16-7-5-15(6-8-16)18(14-3-4-14)19(23)22-12-11-13-1-9-17(21)10-2-13/h1-2,5-10,14,18H,3-4,11-12H2,(H,22,23). The molecule has 1 atom stereocenters. The molecule has 120 valence electrons. The first-order valence-electron chi connectivity index (χ1n) is 7.91. The lowest BCUT2D eigenvalue weighted by Crippen LogP contribution is -2.32. The van der Waals surface area contributed by atoms with Crippen molar-refractivity contribution in [1.82, 2.24) is 5.32 Å². The topological polar surface area (TPSA) is 29.1 Å². The number of halogens is 2. The highest BCUT2D eigenvalue weighted by Crippen LogP contribution is 2.42. The van der Waals surface area contributed by atoms with Gasteiger partial charge < -0.3 is 5.32 Å². The second-order valence-electron chi connectivity index (χ2n) is 6.03. The zero-order chi connectivity index (χ0) is 16.2. The molecule has 1 saturated carbocycles. The van der Waals surface area contributed by atoms with Crippen LogP contribution in [0.2, 0.25) is 5.02 Å². The Morgan fingerprint density at radius 1 is 1.13 bits per heavy atom. The van der Waals surface area contributed by atoms with Gasteiger partial charge in [-0.1, -0.05) is 35.9 Å². The van der Waals surface area contributed by atoms with Crippen LogP contribution in [0.5, 0.6) is 0 Å². The molecule has 0 heterocycles. The lowest BCUT2D eigenvalue weighted by molar-refractivity contribution is -0.123. The number of carbonyl (C=O) groups is 1. The lowest BCUT2D eigenvalue weighted by Gasteiger charge is -2.17. The van der Waals surface area contributed by atoms with E-state index in [1.54, 1.807) is 12.1 Å². The summed E-state index contributed by atoms with van der Waals surface area (Å²) in [5.41, 5.74) is 2.04. The first-order valence-corrected chi connectivity index (χ1v) is 8.29. The van der Waals surface area contributed by atoms with Crippen LogP contribution in [0.25, 0.3) is 0 Å². The van der Waals surface area contributed by atoms with Gasteiger partial charge in [-0.15, -0.1) is 0 Å². The van der Waals surface area contributed by atoms with Gasteiger partial charge in [-0.05, 0) is 60.6 Å². The molecule has 0 spiro atoms. The summed E-state index contributed by atoms with van der Waals surface area (Å²) in [5.74, 6) is 0.161. The summed E-state index contributed by atoms with van der Waals surface area (Å²) < 4.78 is 12.9. The molecule has 0 bridgehead atoms. The fourth-order valence-corrected chi connectivity index (χ4v) is 2.95. The minimum absolute atomic E-state index is 0.0666. The fraction of sp³-hybridized carbons (Fsp3) is 0.316. The van der Waals surface area contributed by atoms with Gasteiger partial charge in [-0.25, -0.2) is 4.39 Å². The minimum atomic E-state index is -0.241. The van der Waals surface area contributed by atoms with Crippen LogP contribution >= 0.6 is 11.6 Å². The van der Waals surface area contributed by atoms with Crippen LogP contribution < -0.4 is 5.32 Å². The van der Waals surface area contributed by atoms with Gasteiger partial charge in [0.2, 0.25) is 5.91 Å². The molecule has 0 radical (unpaired) electrons. The Hall–Kier alpha value is -1.87. The van der Waals surface area contributed by atoms with Crippen molar-refractivity contribution >= 4 is 17.5 Å². The summed E-state index contributed by atoms with van der Waals surface area (Å²) in [4.78, 5) is 12.6. The van der Waals surface area contributed by atoms with Crippen LogP contribution in [0, 0.1) is 11.7 Å². The van der Waals surface area contributed by atoms with Crippen LogP contribution in [0.15, 0.2) is 48.5 Å². The molecule has 3 rings (SSSR count). The average molecular weight is 332 g/mol. The number of benzene rings is 2. The first kappa shape index (κ1) is 16.0. The molecule has 23 heavy (non-hydrogen) atoms. The third-order valence-electron chi connectivity index (χ3n) is 4.23. The molecule has 1 aliphatic rings. The van der Waals surface area contributed by atoms with E-state index in [0.717, 1.165) is 24.0 Å². The molecule has 0 aliphatic heterocycles. The summed E-state index contributed by atoms with van der Waals surface area (Å²) in [7, 11) is 0. The summed E-state index contributed by atoms with van der Waals surface area (Å²) >= 11 is 5.93. The van der Waals surface area contributed by atoms with Crippen LogP contribution in [-0.4, -0.2) is 12.5 Å². The Morgan fingerprint density at radius 2 is 1.78 bits per heavy atom. The lowest BCUT2D eigenvalue weighted by atomic mass is 9.93. The maximum Gasteiger partial charge on any atom is 0.227 e. The van der Waals surface area contributed by atoms with Gasteiger partial charge in [0.05, 0.1) is 5.92 Å². The Labute approximate surface area is 140 Å². The molecular formula is C19H19ClFNO. The highest BCUT2D eigenvalue weighted by Gasteiger charge is 2.36. The van der Waals surface area contributed by atoms with Crippen molar-refractivity contribution < 1.29 is 9.18 Å². The van der Waals surface area contributed by atoms with Gasteiger partial charge in [-0.3, -0.25) is 4.79 Å². The minimum Gasteiger partial charge on any atom is -0.355 e. The smallest absolute Gasteiger partial charge is 0.227 e. The Morgan fingerprint density at radius 3 is 2.39 bits per heavy atom. The van der Waals surface area contributed by atoms with E-state index < -0.39 is 0 Å². The molecule has 0 saturated heterocycles. The summed E-state index contributed by atoms with van der Waals surface area (Å²) in [5, 5.41) is 3.70. The summed E-state index contributed by atoms with van der Waals surface area (Å²) in [6.07, 6.45) is 2.89. The predicted molar refractivity (Wildman–Crippen MR) is 90.0 cm³/mol. The fourth-order valence-electron chi connectivity index (χ4n) is 2.83. The Kier molecular flexibility index (Phi) is 4.97. The van der Waals surface area contributed by atoms with Crippen molar-refractivity contribution in [2.24, 2.45) is 5.92 Å². The predicted octanol–water partition coefficient (Wildman–Crippen LogP) is 4.33. The Balaban J connectivity index is 1.58. The maximum absolute atomic E-state index is 12.9. The number of amides is 1. The maximum atomic E-state index is 12.9. The van der Waals surface area contributed by atoms with Crippen molar-refractivity contribution in [1.29, 1.82) is 0 Å². The molecule has 1 fully saturated rings. The first-order chi connectivity index (χ1) is 11.1. The van der Waals surface area contributed by atoms with E-state index in [4.69, 9.17) is 11.6 Å². The molecule has 2 aromatic carbocycles. The van der Waals surface area contributed by atoms with Gasteiger partial charge in [0.25, 0.3) is 0 Å². The molecule has 1 aliphatic carbocycles. The van der Waals surface area contributed by atoms with Crippen molar-refractivity contribution in [2.75, 3.05) is 6.54 Å². The van der Waals surface area contributed by atoms with Crippen LogP contribution in [-0.2, 0) is 11.2 Å². The third kappa shape index (κ3) is 4.32. The van der Waals surface area contributed by atoms with Gasteiger partial charge in [0.1, 0.15) is 5.82 Å². The molecule has 0 aromatic heterocycles. The van der Waals surface area contributed by atoms with Gasteiger partial charge >= 0.3 is 0 Å². The van der Waals surface area contributed by atoms with Crippen LogP contribution in [0.4, 0.5) is 4.39 Å². The summed E-state index contributed by atoms with van der Waals surface area (Å²) in [6.45, 7) is 0.557.